The van der Waals surface area contributed by atoms with E-state index in [0.29, 0.717) is 21.6 Å². The second kappa shape index (κ2) is 6.27. The van der Waals surface area contributed by atoms with Crippen LogP contribution in [0, 0.1) is 5.92 Å². The summed E-state index contributed by atoms with van der Waals surface area (Å²) in [6.07, 6.45) is 3.51. The van der Waals surface area contributed by atoms with E-state index < -0.39 is 5.97 Å². The first-order valence-electron chi connectivity index (χ1n) is 6.87. The highest BCUT2D eigenvalue weighted by Crippen LogP contribution is 2.30. The molecule has 1 amide bonds. The molecule has 0 saturated heterocycles. The van der Waals surface area contributed by atoms with Gasteiger partial charge < -0.3 is 10.1 Å². The molecule has 1 aromatic carbocycles. The second-order valence-corrected chi connectivity index (χ2v) is 5.77. The quantitative estimate of drug-likeness (QED) is 0.669. The number of esters is 1. The number of pyridine rings is 1. The fourth-order valence-corrected chi connectivity index (χ4v) is 2.22. The van der Waals surface area contributed by atoms with Gasteiger partial charge >= 0.3 is 5.97 Å². The molecule has 1 heterocycles. The molecule has 1 aliphatic carbocycles. The van der Waals surface area contributed by atoms with Crippen molar-refractivity contribution in [1.29, 1.82) is 0 Å². The lowest BCUT2D eigenvalue weighted by Crippen LogP contribution is -2.13. The van der Waals surface area contributed by atoms with Gasteiger partial charge in [0.2, 0.25) is 5.91 Å². The van der Waals surface area contributed by atoms with Crippen LogP contribution in [0.5, 0.6) is 5.75 Å². The number of carbonyl (C=O) groups excluding carboxylic acids is 2. The van der Waals surface area contributed by atoms with E-state index >= 15 is 0 Å². The van der Waals surface area contributed by atoms with Crippen LogP contribution in [-0.2, 0) is 4.79 Å². The summed E-state index contributed by atoms with van der Waals surface area (Å²) in [6.45, 7) is 0. The van der Waals surface area contributed by atoms with E-state index in [2.05, 4.69) is 26.2 Å². The van der Waals surface area contributed by atoms with Crippen LogP contribution in [0.25, 0.3) is 0 Å². The van der Waals surface area contributed by atoms with E-state index in [1.807, 2.05) is 0 Å². The average molecular weight is 361 g/mol. The normalized spacial score (nSPS) is 13.5. The van der Waals surface area contributed by atoms with Gasteiger partial charge in [0.25, 0.3) is 0 Å². The Morgan fingerprint density at radius 2 is 1.91 bits per heavy atom. The number of amides is 1. The van der Waals surface area contributed by atoms with Crippen molar-refractivity contribution in [3.05, 3.63) is 52.8 Å². The first-order valence-corrected chi connectivity index (χ1v) is 7.66. The number of anilines is 1. The van der Waals surface area contributed by atoms with Gasteiger partial charge in [0.05, 0.1) is 5.56 Å². The predicted molar refractivity (Wildman–Crippen MR) is 84.7 cm³/mol. The third-order valence-electron chi connectivity index (χ3n) is 3.26. The smallest absolute Gasteiger partial charge is 0.343 e. The number of hydrogen-bond acceptors (Lipinski definition) is 4. The van der Waals surface area contributed by atoms with Gasteiger partial charge in [-0.3, -0.25) is 4.79 Å². The number of nitrogens with zero attached hydrogens (tertiary/aromatic N) is 1. The Bertz CT molecular complexity index is 712. The van der Waals surface area contributed by atoms with Crippen molar-refractivity contribution in [2.75, 3.05) is 5.32 Å². The van der Waals surface area contributed by atoms with Gasteiger partial charge in [-0.2, -0.15) is 0 Å². The van der Waals surface area contributed by atoms with Crippen molar-refractivity contribution in [3.8, 4) is 5.75 Å². The summed E-state index contributed by atoms with van der Waals surface area (Å²) < 4.78 is 5.73. The minimum atomic E-state index is -0.478. The summed E-state index contributed by atoms with van der Waals surface area (Å²) in [5, 5.41) is 2.82. The molecule has 5 nitrogen and oxygen atoms in total. The van der Waals surface area contributed by atoms with Crippen molar-refractivity contribution in [1.82, 2.24) is 4.98 Å². The number of ether oxygens (including phenoxy) is 1. The lowest BCUT2D eigenvalue weighted by molar-refractivity contribution is -0.117. The zero-order valence-electron chi connectivity index (χ0n) is 11.6. The van der Waals surface area contributed by atoms with Crippen molar-refractivity contribution in [2.24, 2.45) is 5.92 Å². The maximum absolute atomic E-state index is 12.1. The van der Waals surface area contributed by atoms with Gasteiger partial charge in [-0.1, -0.05) is 0 Å². The summed E-state index contributed by atoms with van der Waals surface area (Å²) in [6, 6.07) is 9.96. The van der Waals surface area contributed by atoms with Crippen LogP contribution >= 0.6 is 15.9 Å². The van der Waals surface area contributed by atoms with Crippen LogP contribution < -0.4 is 10.1 Å². The molecule has 0 unspecified atom stereocenters. The van der Waals surface area contributed by atoms with Crippen molar-refractivity contribution >= 4 is 33.5 Å². The Balaban J connectivity index is 1.65. The SMILES string of the molecule is O=C(Oc1cccnc1Br)c1ccc(NC(=O)C2CC2)cc1. The number of halogens is 1. The molecule has 112 valence electrons. The van der Waals surface area contributed by atoms with Crippen molar-refractivity contribution in [2.45, 2.75) is 12.8 Å². The van der Waals surface area contributed by atoms with Crippen molar-refractivity contribution in [3.63, 3.8) is 0 Å². The molecule has 0 radical (unpaired) electrons. The molecule has 0 bridgehead atoms. The fraction of sp³-hybridized carbons (Fsp3) is 0.188. The first kappa shape index (κ1) is 14.7. The van der Waals surface area contributed by atoms with Gasteiger partial charge in [-0.25, -0.2) is 9.78 Å². The Morgan fingerprint density at radius 3 is 2.55 bits per heavy atom. The van der Waals surface area contributed by atoms with Crippen LogP contribution in [0.4, 0.5) is 5.69 Å². The third kappa shape index (κ3) is 3.51. The second-order valence-electron chi connectivity index (χ2n) is 5.02. The minimum absolute atomic E-state index is 0.0367. The molecule has 22 heavy (non-hydrogen) atoms. The lowest BCUT2D eigenvalue weighted by Gasteiger charge is -2.07. The Hall–Kier alpha value is -2.21. The average Bonchev–Trinajstić information content (AvgIpc) is 3.35. The molecule has 2 aromatic rings. The highest BCUT2D eigenvalue weighted by Gasteiger charge is 2.29. The summed E-state index contributed by atoms with van der Waals surface area (Å²) in [5.74, 6) is 0.0644. The summed E-state index contributed by atoms with van der Waals surface area (Å²) >= 11 is 3.22. The zero-order valence-corrected chi connectivity index (χ0v) is 13.2. The molecular weight excluding hydrogens is 348 g/mol. The van der Waals surface area contributed by atoms with E-state index in [1.165, 1.54) is 0 Å². The van der Waals surface area contributed by atoms with Crippen LogP contribution in [0.3, 0.4) is 0 Å². The maximum Gasteiger partial charge on any atom is 0.343 e. The molecule has 1 aromatic heterocycles. The molecule has 0 aliphatic heterocycles. The largest absolute Gasteiger partial charge is 0.420 e. The zero-order chi connectivity index (χ0) is 15.5. The first-order chi connectivity index (χ1) is 10.6. The third-order valence-corrected chi connectivity index (χ3v) is 3.86. The Labute approximate surface area is 135 Å². The van der Waals surface area contributed by atoms with Gasteiger partial charge in [0, 0.05) is 17.8 Å². The van der Waals surface area contributed by atoms with E-state index in [0.717, 1.165) is 12.8 Å². The molecule has 1 aliphatic rings. The van der Waals surface area contributed by atoms with Crippen molar-refractivity contribution < 1.29 is 14.3 Å². The van der Waals surface area contributed by atoms with E-state index in [4.69, 9.17) is 4.74 Å². The number of nitrogens with one attached hydrogen (secondary N) is 1. The predicted octanol–water partition coefficient (Wildman–Crippen LogP) is 3.41. The van der Waals surface area contributed by atoms with Crippen LogP contribution in [0.1, 0.15) is 23.2 Å². The van der Waals surface area contributed by atoms with Gasteiger partial charge in [0.15, 0.2) is 5.75 Å². The van der Waals surface area contributed by atoms with Gasteiger partial charge in [-0.15, -0.1) is 0 Å². The summed E-state index contributed by atoms with van der Waals surface area (Å²) in [7, 11) is 0. The standard InChI is InChI=1S/C16H13BrN2O3/c17-14-13(2-1-9-18-14)22-16(21)11-5-7-12(8-6-11)19-15(20)10-3-4-10/h1-2,5-10H,3-4H2,(H,19,20). The summed E-state index contributed by atoms with van der Waals surface area (Å²) in [4.78, 5) is 27.7. The van der Waals surface area contributed by atoms with Crippen LogP contribution in [0.2, 0.25) is 0 Å². The fourth-order valence-electron chi connectivity index (χ4n) is 1.89. The van der Waals surface area contributed by atoms with Crippen LogP contribution in [-0.4, -0.2) is 16.9 Å². The molecule has 0 atom stereocenters. The van der Waals surface area contributed by atoms with Gasteiger partial charge in [0.1, 0.15) is 4.60 Å². The number of aromatic nitrogens is 1. The van der Waals surface area contributed by atoms with E-state index in [1.54, 1.807) is 42.6 Å². The topological polar surface area (TPSA) is 68.3 Å². The molecule has 6 heteroatoms. The number of carbonyl (C=O) groups is 2. The molecule has 3 rings (SSSR count). The van der Waals surface area contributed by atoms with E-state index in [-0.39, 0.29) is 11.8 Å². The monoisotopic (exact) mass is 360 g/mol. The Morgan fingerprint density at radius 1 is 1.18 bits per heavy atom. The molecule has 1 N–H and O–H groups in total. The van der Waals surface area contributed by atoms with Gasteiger partial charge in [-0.05, 0) is 65.2 Å². The highest BCUT2D eigenvalue weighted by molar-refractivity contribution is 9.10. The van der Waals surface area contributed by atoms with E-state index in [9.17, 15) is 9.59 Å². The molecule has 0 spiro atoms. The minimum Gasteiger partial charge on any atom is -0.420 e. The number of benzene rings is 1. The maximum atomic E-state index is 12.1. The van der Waals surface area contributed by atoms with Crippen LogP contribution in [0.15, 0.2) is 47.2 Å². The lowest BCUT2D eigenvalue weighted by atomic mass is 10.2. The number of rotatable bonds is 4. The Kier molecular flexibility index (Phi) is 4.20. The molecular formula is C16H13BrN2O3. The molecule has 1 saturated carbocycles. The highest BCUT2D eigenvalue weighted by atomic mass is 79.9. The number of hydrogen-bond donors (Lipinski definition) is 1. The summed E-state index contributed by atoms with van der Waals surface area (Å²) in [5.41, 5.74) is 1.08. The molecule has 1 fully saturated rings.